The van der Waals surface area contributed by atoms with Crippen molar-refractivity contribution in [2.24, 2.45) is 0 Å². The molecule has 1 nitrogen and oxygen atoms in total. The topological polar surface area (TPSA) is 0 Å². The van der Waals surface area contributed by atoms with Crippen molar-refractivity contribution in [3.63, 3.8) is 0 Å². The largest absolute Gasteiger partial charge is 1.00 e. The van der Waals surface area contributed by atoms with Gasteiger partial charge in [-0.1, -0.05) is 194 Å². The monoisotopic (exact) mass is 614 g/mol. The van der Waals surface area contributed by atoms with E-state index >= 15 is 0 Å². The van der Waals surface area contributed by atoms with Crippen LogP contribution in [0.2, 0.25) is 0 Å². The van der Waals surface area contributed by atoms with Gasteiger partial charge in [-0.25, -0.2) is 0 Å². The van der Waals surface area contributed by atoms with E-state index in [-0.39, 0.29) is 37.4 Å². The van der Waals surface area contributed by atoms with Crippen molar-refractivity contribution in [2.45, 2.75) is 219 Å². The van der Waals surface area contributed by atoms with Gasteiger partial charge in [0.05, 0.1) is 27.2 Å². The van der Waals surface area contributed by atoms with E-state index in [1.165, 1.54) is 223 Å². The summed E-state index contributed by atoms with van der Waals surface area (Å²) in [5.74, 6) is 0. The minimum atomic E-state index is 0. The Hall–Kier alpha value is 1.08. The van der Waals surface area contributed by atoms with Crippen LogP contribution in [0.5, 0.6) is 0 Å². The number of hydrogen-bond acceptors (Lipinski definition) is 0. The predicted octanol–water partition coefficient (Wildman–Crippen LogP) is 10.7. The van der Waals surface area contributed by atoms with Crippen LogP contribution in [0.15, 0.2) is 0 Å². The fourth-order valence-corrected chi connectivity index (χ4v) is 6.29. The number of nitrogens with zero attached hydrogens (tertiary/aromatic N) is 1. The molecule has 3 heteroatoms. The average Bonchev–Trinajstić information content (AvgIpc) is 2.92. The van der Waals surface area contributed by atoms with Gasteiger partial charge in [-0.15, -0.1) is 0 Å². The Bertz CT molecular complexity index is 411. The van der Waals surface area contributed by atoms with Crippen LogP contribution >= 0.6 is 0 Å². The zero-order valence-corrected chi connectivity index (χ0v) is 31.0. The molecule has 0 aliphatic rings. The van der Waals surface area contributed by atoms with Gasteiger partial charge < -0.3 is 5.91 Å². The first-order chi connectivity index (χ1) is 19.1. The van der Waals surface area contributed by atoms with E-state index in [0.717, 1.165) is 0 Å². The molecule has 0 atom stereocenters. The Kier molecular flexibility index (Phi) is 44.3. The Morgan fingerprint density at radius 1 is 0.293 bits per heavy atom. The minimum Gasteiger partial charge on any atom is -1.00 e. The Labute approximate surface area is 287 Å². The first-order valence-electron chi connectivity index (χ1n) is 18.9. The molecule has 0 aliphatic carbocycles. The van der Waals surface area contributed by atoms with Crippen LogP contribution in [0.3, 0.4) is 0 Å². The van der Waals surface area contributed by atoms with Crippen LogP contribution in [0.25, 0.3) is 0 Å². The van der Waals surface area contributed by atoms with Gasteiger partial charge in [-0.05, 0) is 25.7 Å². The molecule has 0 saturated carbocycles. The molecule has 0 aromatic carbocycles. The summed E-state index contributed by atoms with van der Waals surface area (Å²) in [6.45, 7) is 7.39. The predicted molar refractivity (Wildman–Crippen MR) is 182 cm³/mol. The third-order valence-corrected chi connectivity index (χ3v) is 9.23. The van der Waals surface area contributed by atoms with Gasteiger partial charge in [0.15, 0.2) is 0 Å². The van der Waals surface area contributed by atoms with Gasteiger partial charge in [0.1, 0.15) is 0 Å². The first-order valence-corrected chi connectivity index (χ1v) is 18.9. The quantitative estimate of drug-likeness (QED) is 0.0385. The molecule has 0 saturated heterocycles. The van der Waals surface area contributed by atoms with Gasteiger partial charge in [0.25, 0.3) is 0 Å². The molecule has 0 aromatic rings. The average molecular weight is 614 g/mol. The van der Waals surface area contributed by atoms with Gasteiger partial charge in [0, 0.05) is 17.1 Å². The van der Waals surface area contributed by atoms with E-state index in [0.29, 0.717) is 0 Å². The maximum atomic E-state index is 2.47. The second-order valence-electron chi connectivity index (χ2n) is 14.0. The van der Waals surface area contributed by atoms with Crippen LogP contribution in [0.1, 0.15) is 221 Å². The Morgan fingerprint density at radius 2 is 0.439 bits per heavy atom. The molecule has 0 fully saturated rings. The molecule has 0 heterocycles. The number of unbranched alkanes of at least 4 members (excludes halogenated alkanes) is 30. The SMILES string of the molecule is CCCCCCCCCCCCCCCCCC[N+](C)(C)CCCCCCCCCCCCCCCCCC.[H-].[Li+].[Mn]. The summed E-state index contributed by atoms with van der Waals surface area (Å²) in [5.41, 5.74) is 0. The summed E-state index contributed by atoms with van der Waals surface area (Å²) in [6.07, 6.45) is 46.9. The normalized spacial score (nSPS) is 11.4. The number of quaternary nitrogens is 1. The first kappa shape index (κ1) is 46.5. The Balaban J connectivity index is -0.00000241. The summed E-state index contributed by atoms with van der Waals surface area (Å²) >= 11 is 0. The summed E-state index contributed by atoms with van der Waals surface area (Å²) in [7, 11) is 4.94. The summed E-state index contributed by atoms with van der Waals surface area (Å²) in [4.78, 5) is 0. The van der Waals surface area contributed by atoms with Gasteiger partial charge in [0.2, 0.25) is 0 Å². The molecule has 0 rings (SSSR count). The molecule has 245 valence electrons. The number of hydrogen-bond donors (Lipinski definition) is 0. The van der Waals surface area contributed by atoms with Crippen LogP contribution in [-0.4, -0.2) is 31.7 Å². The fourth-order valence-electron chi connectivity index (χ4n) is 6.29. The van der Waals surface area contributed by atoms with Gasteiger partial charge in [-0.2, -0.15) is 0 Å². The molecule has 0 N–H and O–H groups in total. The number of rotatable bonds is 34. The van der Waals surface area contributed by atoms with Gasteiger partial charge >= 0.3 is 18.9 Å². The molecule has 0 amide bonds. The second-order valence-corrected chi connectivity index (χ2v) is 14.0. The Morgan fingerprint density at radius 3 is 0.610 bits per heavy atom. The molecular weight excluding hydrogens is 532 g/mol. The minimum absolute atomic E-state index is 0. The zero-order chi connectivity index (χ0) is 28.5. The van der Waals surface area contributed by atoms with Crippen LogP contribution < -0.4 is 18.9 Å². The van der Waals surface area contributed by atoms with E-state index in [4.69, 9.17) is 0 Å². The molecule has 0 aliphatic heterocycles. The van der Waals surface area contributed by atoms with Crippen molar-refractivity contribution in [1.82, 2.24) is 0 Å². The van der Waals surface area contributed by atoms with Crippen molar-refractivity contribution in [2.75, 3.05) is 27.2 Å². The second kappa shape index (κ2) is 39.1. The smallest absolute Gasteiger partial charge is 1.00 e. The van der Waals surface area contributed by atoms with E-state index in [9.17, 15) is 0 Å². The standard InChI is InChI=1S/C38H80N.Li.Mn.H/c1-5-7-9-11-13-15-17-19-21-23-25-27-29-31-33-35-37-39(3,4)38-36-34-32-30-28-26-24-22-20-18-16-14-12-10-8-6-2;;;/h5-38H2,1-4H3;;;/q2*+1;;-1. The third-order valence-electron chi connectivity index (χ3n) is 9.23. The van der Waals surface area contributed by atoms with E-state index < -0.39 is 0 Å². The molecule has 41 heavy (non-hydrogen) atoms. The molecule has 0 unspecified atom stereocenters. The molecular formula is C38H81LiMnN+. The van der Waals surface area contributed by atoms with E-state index in [1.54, 1.807) is 0 Å². The maximum Gasteiger partial charge on any atom is 1.00 e. The zero-order valence-electron chi connectivity index (χ0n) is 30.9. The third kappa shape index (κ3) is 41.1. The van der Waals surface area contributed by atoms with Crippen molar-refractivity contribution in [3.8, 4) is 0 Å². The molecule has 0 spiro atoms. The summed E-state index contributed by atoms with van der Waals surface area (Å²) < 4.78 is 1.25. The molecule has 0 aromatic heterocycles. The van der Waals surface area contributed by atoms with E-state index in [1.807, 2.05) is 0 Å². The van der Waals surface area contributed by atoms with Crippen molar-refractivity contribution in [3.05, 3.63) is 0 Å². The van der Waals surface area contributed by atoms with Gasteiger partial charge in [-0.3, -0.25) is 0 Å². The van der Waals surface area contributed by atoms with Crippen molar-refractivity contribution >= 4 is 0 Å². The maximum absolute atomic E-state index is 2.47. The van der Waals surface area contributed by atoms with Crippen LogP contribution in [0.4, 0.5) is 0 Å². The summed E-state index contributed by atoms with van der Waals surface area (Å²) in [6, 6.07) is 0. The summed E-state index contributed by atoms with van der Waals surface area (Å²) in [5, 5.41) is 0. The van der Waals surface area contributed by atoms with Crippen LogP contribution in [0, 0.1) is 0 Å². The van der Waals surface area contributed by atoms with Crippen LogP contribution in [-0.2, 0) is 17.1 Å². The van der Waals surface area contributed by atoms with E-state index in [2.05, 4.69) is 27.9 Å². The molecule has 1 radical (unpaired) electrons. The van der Waals surface area contributed by atoms with Crippen molar-refractivity contribution < 1.29 is 41.8 Å². The molecule has 0 bridgehead atoms. The van der Waals surface area contributed by atoms with Crippen molar-refractivity contribution in [1.29, 1.82) is 0 Å². The fraction of sp³-hybridized carbons (Fsp3) is 1.00.